The Morgan fingerprint density at radius 2 is 1.84 bits per heavy atom. The van der Waals surface area contributed by atoms with Crippen LogP contribution in [0.5, 0.6) is 0 Å². The van der Waals surface area contributed by atoms with Crippen LogP contribution >= 0.6 is 0 Å². The number of nitrogen functional groups attached to an aromatic ring is 1. The molecule has 0 saturated carbocycles. The fourth-order valence-corrected chi connectivity index (χ4v) is 1.94. The monoisotopic (exact) mass is 250 g/mol. The molecule has 0 aliphatic heterocycles. The molecule has 4 heteroatoms. The van der Waals surface area contributed by atoms with Crippen molar-refractivity contribution in [1.82, 2.24) is 9.97 Å². The van der Waals surface area contributed by atoms with Gasteiger partial charge in [0.05, 0.1) is 17.2 Å². The maximum absolute atomic E-state index is 5.75. The van der Waals surface area contributed by atoms with E-state index >= 15 is 0 Å². The summed E-state index contributed by atoms with van der Waals surface area (Å²) in [5, 5.41) is 3.25. The van der Waals surface area contributed by atoms with Gasteiger partial charge in [0.2, 0.25) is 0 Å². The number of hydrogen-bond acceptors (Lipinski definition) is 4. The molecule has 0 spiro atoms. The van der Waals surface area contributed by atoms with Gasteiger partial charge in [-0.25, -0.2) is 4.98 Å². The Balaban J connectivity index is 1.78. The maximum atomic E-state index is 5.75. The lowest BCUT2D eigenvalue weighted by Gasteiger charge is -2.06. The molecule has 1 heterocycles. The first-order chi connectivity index (χ1) is 9.31. The number of nitrogens with two attached hydrogens (primary N) is 1. The number of nitrogens with one attached hydrogen (secondary N) is 1. The average Bonchev–Trinajstić information content (AvgIpc) is 2.45. The predicted octanol–water partition coefficient (Wildman–Crippen LogP) is 2.82. The van der Waals surface area contributed by atoms with Crippen LogP contribution in [-0.4, -0.2) is 9.97 Å². The van der Waals surface area contributed by atoms with E-state index in [0.29, 0.717) is 6.54 Å². The van der Waals surface area contributed by atoms with Gasteiger partial charge in [-0.1, -0.05) is 24.3 Å². The standard InChI is InChI=1S/C15H14N4/c16-12-5-3-4-11(8-12)9-18-15-10-17-13-6-1-2-7-14(13)19-15/h1-8,10H,9,16H2,(H,18,19). The molecule has 19 heavy (non-hydrogen) atoms. The van der Waals surface area contributed by atoms with Crippen LogP contribution in [0.2, 0.25) is 0 Å². The number of para-hydroxylation sites is 2. The molecule has 3 rings (SSSR count). The first-order valence-corrected chi connectivity index (χ1v) is 6.11. The third-order valence-corrected chi connectivity index (χ3v) is 2.87. The summed E-state index contributed by atoms with van der Waals surface area (Å²) in [5.41, 5.74) is 9.42. The van der Waals surface area contributed by atoms with Gasteiger partial charge in [-0.05, 0) is 29.8 Å². The average molecular weight is 250 g/mol. The molecule has 0 unspecified atom stereocenters. The Morgan fingerprint density at radius 3 is 2.68 bits per heavy atom. The van der Waals surface area contributed by atoms with Crippen LogP contribution in [0.25, 0.3) is 11.0 Å². The van der Waals surface area contributed by atoms with E-state index in [2.05, 4.69) is 15.3 Å². The Bertz CT molecular complexity index is 709. The number of benzene rings is 2. The van der Waals surface area contributed by atoms with Crippen molar-refractivity contribution in [2.24, 2.45) is 0 Å². The highest BCUT2D eigenvalue weighted by Gasteiger charge is 1.99. The molecular weight excluding hydrogens is 236 g/mol. The first kappa shape index (κ1) is 11.5. The number of hydrogen-bond donors (Lipinski definition) is 2. The third kappa shape index (κ3) is 2.63. The van der Waals surface area contributed by atoms with E-state index in [1.807, 2.05) is 48.5 Å². The lowest BCUT2D eigenvalue weighted by molar-refractivity contribution is 1.11. The number of anilines is 2. The first-order valence-electron chi connectivity index (χ1n) is 6.11. The summed E-state index contributed by atoms with van der Waals surface area (Å²) in [5.74, 6) is 0.765. The number of nitrogens with zero attached hydrogens (tertiary/aromatic N) is 2. The molecule has 2 aromatic carbocycles. The Labute approximate surface area is 111 Å². The van der Waals surface area contributed by atoms with Crippen LogP contribution < -0.4 is 11.1 Å². The summed E-state index contributed by atoms with van der Waals surface area (Å²) in [6.07, 6.45) is 1.74. The number of aromatic nitrogens is 2. The van der Waals surface area contributed by atoms with Gasteiger partial charge in [-0.3, -0.25) is 4.98 Å². The smallest absolute Gasteiger partial charge is 0.145 e. The zero-order valence-electron chi connectivity index (χ0n) is 10.4. The quantitative estimate of drug-likeness (QED) is 0.702. The van der Waals surface area contributed by atoms with Crippen molar-refractivity contribution in [1.29, 1.82) is 0 Å². The van der Waals surface area contributed by atoms with Crippen molar-refractivity contribution in [2.75, 3.05) is 11.1 Å². The minimum absolute atomic E-state index is 0.679. The molecule has 94 valence electrons. The van der Waals surface area contributed by atoms with E-state index in [4.69, 9.17) is 5.73 Å². The van der Waals surface area contributed by atoms with Crippen molar-refractivity contribution in [3.05, 3.63) is 60.3 Å². The van der Waals surface area contributed by atoms with Crippen LogP contribution in [0.4, 0.5) is 11.5 Å². The van der Waals surface area contributed by atoms with E-state index in [9.17, 15) is 0 Å². The van der Waals surface area contributed by atoms with Gasteiger partial charge in [0.25, 0.3) is 0 Å². The topological polar surface area (TPSA) is 63.8 Å². The summed E-state index contributed by atoms with van der Waals surface area (Å²) in [6.45, 7) is 0.679. The van der Waals surface area contributed by atoms with Gasteiger partial charge in [-0.2, -0.15) is 0 Å². The Hall–Kier alpha value is -2.62. The lowest BCUT2D eigenvalue weighted by atomic mass is 10.2. The minimum atomic E-state index is 0.679. The summed E-state index contributed by atoms with van der Waals surface area (Å²) in [7, 11) is 0. The van der Waals surface area contributed by atoms with E-state index in [0.717, 1.165) is 28.1 Å². The second-order valence-corrected chi connectivity index (χ2v) is 4.34. The Morgan fingerprint density at radius 1 is 1.00 bits per heavy atom. The van der Waals surface area contributed by atoms with Gasteiger partial charge < -0.3 is 11.1 Å². The van der Waals surface area contributed by atoms with Gasteiger partial charge in [0.1, 0.15) is 5.82 Å². The molecule has 0 amide bonds. The zero-order chi connectivity index (χ0) is 13.1. The number of rotatable bonds is 3. The second kappa shape index (κ2) is 4.94. The van der Waals surface area contributed by atoms with E-state index < -0.39 is 0 Å². The van der Waals surface area contributed by atoms with Gasteiger partial charge in [-0.15, -0.1) is 0 Å². The molecule has 0 bridgehead atoms. The molecule has 3 aromatic rings. The van der Waals surface area contributed by atoms with E-state index in [-0.39, 0.29) is 0 Å². The van der Waals surface area contributed by atoms with Crippen LogP contribution in [-0.2, 0) is 6.54 Å². The largest absolute Gasteiger partial charge is 0.399 e. The lowest BCUT2D eigenvalue weighted by Crippen LogP contribution is -2.02. The van der Waals surface area contributed by atoms with Crippen molar-refractivity contribution in [3.8, 4) is 0 Å². The number of fused-ring (bicyclic) bond motifs is 1. The van der Waals surface area contributed by atoms with Crippen molar-refractivity contribution in [3.63, 3.8) is 0 Å². The molecule has 1 aromatic heterocycles. The summed E-state index contributed by atoms with van der Waals surface area (Å²) in [6, 6.07) is 15.6. The normalized spacial score (nSPS) is 10.5. The second-order valence-electron chi connectivity index (χ2n) is 4.34. The SMILES string of the molecule is Nc1cccc(CNc2cnc3ccccc3n2)c1. The summed E-state index contributed by atoms with van der Waals surface area (Å²) < 4.78 is 0. The maximum Gasteiger partial charge on any atom is 0.145 e. The zero-order valence-corrected chi connectivity index (χ0v) is 10.4. The van der Waals surface area contributed by atoms with Gasteiger partial charge in [0.15, 0.2) is 0 Å². The van der Waals surface area contributed by atoms with Gasteiger partial charge >= 0.3 is 0 Å². The van der Waals surface area contributed by atoms with Crippen LogP contribution in [0.3, 0.4) is 0 Å². The molecule has 0 fully saturated rings. The molecule has 0 aliphatic carbocycles. The Kier molecular flexibility index (Phi) is 2.98. The van der Waals surface area contributed by atoms with Gasteiger partial charge in [0, 0.05) is 12.2 Å². The highest BCUT2D eigenvalue weighted by molar-refractivity contribution is 5.75. The molecule has 0 radical (unpaired) electrons. The van der Waals surface area contributed by atoms with Crippen molar-refractivity contribution < 1.29 is 0 Å². The molecule has 4 nitrogen and oxygen atoms in total. The summed E-state index contributed by atoms with van der Waals surface area (Å²) >= 11 is 0. The van der Waals surface area contributed by atoms with E-state index in [1.165, 1.54) is 0 Å². The molecular formula is C15H14N4. The fraction of sp³-hybridized carbons (Fsp3) is 0.0667. The van der Waals surface area contributed by atoms with Crippen molar-refractivity contribution >= 4 is 22.5 Å². The van der Waals surface area contributed by atoms with Crippen LogP contribution in [0.1, 0.15) is 5.56 Å². The summed E-state index contributed by atoms with van der Waals surface area (Å²) in [4.78, 5) is 8.87. The fourth-order valence-electron chi connectivity index (χ4n) is 1.94. The molecule has 0 saturated heterocycles. The minimum Gasteiger partial charge on any atom is -0.399 e. The van der Waals surface area contributed by atoms with Crippen LogP contribution in [0, 0.1) is 0 Å². The molecule has 0 atom stereocenters. The molecule has 0 aliphatic rings. The van der Waals surface area contributed by atoms with Crippen molar-refractivity contribution in [2.45, 2.75) is 6.54 Å². The third-order valence-electron chi connectivity index (χ3n) is 2.87. The highest BCUT2D eigenvalue weighted by atomic mass is 15.0. The predicted molar refractivity (Wildman–Crippen MR) is 77.7 cm³/mol. The van der Waals surface area contributed by atoms with E-state index in [1.54, 1.807) is 6.20 Å². The highest BCUT2D eigenvalue weighted by Crippen LogP contribution is 2.13. The molecule has 3 N–H and O–H groups in total. The van der Waals surface area contributed by atoms with Crippen LogP contribution in [0.15, 0.2) is 54.7 Å².